The van der Waals surface area contributed by atoms with E-state index in [4.69, 9.17) is 12.2 Å². The molecule has 1 atom stereocenters. The summed E-state index contributed by atoms with van der Waals surface area (Å²) < 4.78 is 29.5. The first-order chi connectivity index (χ1) is 8.58. The Kier molecular flexibility index (Phi) is 2.71. The van der Waals surface area contributed by atoms with Crippen LogP contribution in [0.15, 0.2) is 12.1 Å². The third-order valence-electron chi connectivity index (χ3n) is 3.50. The highest BCUT2D eigenvalue weighted by Crippen LogP contribution is 2.28. The van der Waals surface area contributed by atoms with Gasteiger partial charge in [-0.25, -0.2) is 8.78 Å². The summed E-state index contributed by atoms with van der Waals surface area (Å²) in [7, 11) is 2.01. The maximum absolute atomic E-state index is 13.9. The highest BCUT2D eigenvalue weighted by Gasteiger charge is 2.25. The number of aromatic nitrogens is 2. The van der Waals surface area contributed by atoms with Gasteiger partial charge in [0.05, 0.1) is 11.6 Å². The fourth-order valence-electron chi connectivity index (χ4n) is 2.62. The van der Waals surface area contributed by atoms with Crippen LogP contribution in [0.25, 0.3) is 11.0 Å². The Morgan fingerprint density at radius 1 is 1.39 bits per heavy atom. The van der Waals surface area contributed by atoms with Gasteiger partial charge in [-0.3, -0.25) is 0 Å². The van der Waals surface area contributed by atoms with E-state index in [1.807, 2.05) is 7.05 Å². The van der Waals surface area contributed by atoms with Gasteiger partial charge in [-0.15, -0.1) is 0 Å². The van der Waals surface area contributed by atoms with Crippen LogP contribution in [0.1, 0.15) is 12.5 Å². The van der Waals surface area contributed by atoms with Crippen LogP contribution in [0.4, 0.5) is 8.78 Å². The Morgan fingerprint density at radius 3 is 2.83 bits per heavy atom. The number of fused-ring (bicyclic) bond motifs is 1. The van der Waals surface area contributed by atoms with Crippen LogP contribution < -0.4 is 0 Å². The quantitative estimate of drug-likeness (QED) is 0.805. The van der Waals surface area contributed by atoms with E-state index in [9.17, 15) is 8.78 Å². The molecule has 0 bridgehead atoms. The number of hydrogen-bond donors (Lipinski definition) is 1. The number of rotatable bonds is 1. The predicted molar refractivity (Wildman–Crippen MR) is 68.2 cm³/mol. The maximum atomic E-state index is 13.9. The normalized spacial score (nSPS) is 20.9. The lowest BCUT2D eigenvalue weighted by molar-refractivity contribution is 0.392. The molecule has 1 aromatic heterocycles. The minimum atomic E-state index is -0.836. The number of nitrogens with zero attached hydrogens (tertiary/aromatic N) is 2. The molecule has 1 unspecified atom stereocenters. The predicted octanol–water partition coefficient (Wildman–Crippen LogP) is 2.85. The minimum Gasteiger partial charge on any atom is -0.330 e. The van der Waals surface area contributed by atoms with Crippen molar-refractivity contribution in [2.75, 3.05) is 20.1 Å². The molecule has 2 aromatic rings. The van der Waals surface area contributed by atoms with Gasteiger partial charge in [0.1, 0.15) is 5.52 Å². The molecule has 6 heteroatoms. The number of nitrogens with one attached hydrogen (secondary N) is 1. The molecule has 1 fully saturated rings. The van der Waals surface area contributed by atoms with Gasteiger partial charge in [0.25, 0.3) is 0 Å². The lowest BCUT2D eigenvalue weighted by atomic mass is 10.2. The number of benzene rings is 1. The molecule has 0 spiro atoms. The average molecular weight is 269 g/mol. The molecular formula is C12H13F2N3S. The number of halogens is 2. The molecule has 3 nitrogen and oxygen atoms in total. The van der Waals surface area contributed by atoms with Crippen molar-refractivity contribution in [1.82, 2.24) is 14.5 Å². The van der Waals surface area contributed by atoms with Crippen LogP contribution in [0.2, 0.25) is 0 Å². The zero-order valence-electron chi connectivity index (χ0n) is 9.91. The van der Waals surface area contributed by atoms with Gasteiger partial charge in [0, 0.05) is 6.54 Å². The summed E-state index contributed by atoms with van der Waals surface area (Å²) in [6.07, 6.45) is 0.897. The summed E-state index contributed by atoms with van der Waals surface area (Å²) in [5.74, 6) is -1.66. The van der Waals surface area contributed by atoms with Gasteiger partial charge in [-0.1, -0.05) is 0 Å². The minimum absolute atomic E-state index is 0.104. The molecule has 1 aliphatic rings. The van der Waals surface area contributed by atoms with E-state index in [1.165, 1.54) is 6.07 Å². The van der Waals surface area contributed by atoms with Crippen LogP contribution in [0, 0.1) is 16.4 Å². The Labute approximate surface area is 108 Å². The van der Waals surface area contributed by atoms with E-state index >= 15 is 0 Å². The molecule has 0 radical (unpaired) electrons. The van der Waals surface area contributed by atoms with E-state index < -0.39 is 11.6 Å². The fourth-order valence-corrected chi connectivity index (χ4v) is 2.97. The Balaban J connectivity index is 2.25. The largest absolute Gasteiger partial charge is 0.330 e. The van der Waals surface area contributed by atoms with Gasteiger partial charge < -0.3 is 14.5 Å². The lowest BCUT2D eigenvalue weighted by Gasteiger charge is -2.13. The van der Waals surface area contributed by atoms with Gasteiger partial charge >= 0.3 is 0 Å². The smallest absolute Gasteiger partial charge is 0.184 e. The first-order valence-electron chi connectivity index (χ1n) is 5.84. The monoisotopic (exact) mass is 269 g/mol. The van der Waals surface area contributed by atoms with Gasteiger partial charge in [-0.2, -0.15) is 0 Å². The second kappa shape index (κ2) is 4.13. The number of likely N-dealkylation sites (N-methyl/N-ethyl adjacent to an activating group) is 1. The molecule has 2 heterocycles. The Bertz CT molecular complexity index is 661. The molecule has 3 rings (SSSR count). The van der Waals surface area contributed by atoms with Crippen molar-refractivity contribution in [2.24, 2.45) is 0 Å². The molecule has 18 heavy (non-hydrogen) atoms. The van der Waals surface area contributed by atoms with Crippen molar-refractivity contribution in [2.45, 2.75) is 12.5 Å². The number of likely N-dealkylation sites (tertiary alicyclic amines) is 1. The second-order valence-electron chi connectivity index (χ2n) is 4.76. The van der Waals surface area contributed by atoms with E-state index in [1.54, 1.807) is 4.57 Å². The van der Waals surface area contributed by atoms with Crippen molar-refractivity contribution in [1.29, 1.82) is 0 Å². The van der Waals surface area contributed by atoms with Crippen molar-refractivity contribution in [3.8, 4) is 0 Å². The first-order valence-corrected chi connectivity index (χ1v) is 6.25. The SMILES string of the molecule is CN1CCC(n2c(=S)[nH]c3ccc(F)c(F)c32)C1. The lowest BCUT2D eigenvalue weighted by Crippen LogP contribution is -2.16. The Morgan fingerprint density at radius 2 is 2.17 bits per heavy atom. The zero-order chi connectivity index (χ0) is 12.9. The standard InChI is InChI=1S/C12H13F2N3S/c1-16-5-4-7(6-16)17-11-9(15-12(17)18)3-2-8(13)10(11)14/h2-3,7H,4-6H2,1H3,(H,15,18). The van der Waals surface area contributed by atoms with Crippen LogP contribution >= 0.6 is 12.2 Å². The van der Waals surface area contributed by atoms with Crippen molar-refractivity contribution < 1.29 is 8.78 Å². The van der Waals surface area contributed by atoms with Crippen LogP contribution in [0.5, 0.6) is 0 Å². The molecule has 96 valence electrons. The summed E-state index contributed by atoms with van der Waals surface area (Å²) >= 11 is 5.23. The van der Waals surface area contributed by atoms with E-state index in [-0.39, 0.29) is 11.6 Å². The Hall–Kier alpha value is -1.27. The summed E-state index contributed by atoms with van der Waals surface area (Å²) in [5.41, 5.74) is 0.800. The second-order valence-corrected chi connectivity index (χ2v) is 5.15. The van der Waals surface area contributed by atoms with Crippen molar-refractivity contribution in [3.63, 3.8) is 0 Å². The summed E-state index contributed by atoms with van der Waals surface area (Å²) in [6.45, 7) is 1.74. The fraction of sp³-hybridized carbons (Fsp3) is 0.417. The van der Waals surface area contributed by atoms with Gasteiger partial charge in [-0.05, 0) is 44.4 Å². The maximum Gasteiger partial charge on any atom is 0.184 e. The number of hydrogen-bond acceptors (Lipinski definition) is 2. The summed E-state index contributed by atoms with van der Waals surface area (Å²) in [5, 5.41) is 0. The third kappa shape index (κ3) is 1.67. The van der Waals surface area contributed by atoms with E-state index in [2.05, 4.69) is 9.88 Å². The number of H-pyrrole nitrogens is 1. The van der Waals surface area contributed by atoms with Crippen molar-refractivity contribution in [3.05, 3.63) is 28.5 Å². The molecule has 1 aliphatic heterocycles. The molecule has 1 aromatic carbocycles. The summed E-state index contributed by atoms with van der Waals surface area (Å²) in [4.78, 5) is 5.09. The highest BCUT2D eigenvalue weighted by molar-refractivity contribution is 7.71. The van der Waals surface area contributed by atoms with Gasteiger partial charge in [0.15, 0.2) is 16.4 Å². The van der Waals surface area contributed by atoms with E-state index in [0.29, 0.717) is 10.3 Å². The molecule has 0 aliphatic carbocycles. The highest BCUT2D eigenvalue weighted by atomic mass is 32.1. The molecule has 0 amide bonds. The third-order valence-corrected chi connectivity index (χ3v) is 3.80. The van der Waals surface area contributed by atoms with Crippen molar-refractivity contribution >= 4 is 23.3 Å². The van der Waals surface area contributed by atoms with Crippen LogP contribution in [-0.2, 0) is 0 Å². The molecule has 1 N–H and O–H groups in total. The number of imidazole rings is 1. The topological polar surface area (TPSA) is 24.0 Å². The van der Waals surface area contributed by atoms with Crippen LogP contribution in [-0.4, -0.2) is 34.6 Å². The van der Waals surface area contributed by atoms with Crippen LogP contribution in [0.3, 0.4) is 0 Å². The number of aromatic amines is 1. The molecular weight excluding hydrogens is 256 g/mol. The molecule has 0 saturated carbocycles. The van der Waals surface area contributed by atoms with Gasteiger partial charge in [0.2, 0.25) is 0 Å². The molecule has 1 saturated heterocycles. The van der Waals surface area contributed by atoms with E-state index in [0.717, 1.165) is 25.6 Å². The summed E-state index contributed by atoms with van der Waals surface area (Å²) in [6, 6.07) is 2.75. The first kappa shape index (κ1) is 11.8. The average Bonchev–Trinajstić information content (AvgIpc) is 2.87. The zero-order valence-corrected chi connectivity index (χ0v) is 10.7.